The first-order chi connectivity index (χ1) is 9.51. The van der Waals surface area contributed by atoms with E-state index in [1.165, 1.54) is 0 Å². The molecule has 0 unspecified atom stereocenters. The lowest BCUT2D eigenvalue weighted by Crippen LogP contribution is -2.06. The van der Waals surface area contributed by atoms with Gasteiger partial charge in [-0.1, -0.05) is 33.1 Å². The SMILES string of the molecule is CCCCCc1c(O)c(OC(=O)O)cc(C)c1CCC. The quantitative estimate of drug-likeness (QED) is 0.440. The second-order valence-corrected chi connectivity index (χ2v) is 5.07. The van der Waals surface area contributed by atoms with Crippen LogP contribution in [0.1, 0.15) is 56.2 Å². The van der Waals surface area contributed by atoms with E-state index in [9.17, 15) is 9.90 Å². The molecule has 0 aliphatic carbocycles. The van der Waals surface area contributed by atoms with Crippen molar-refractivity contribution in [1.82, 2.24) is 0 Å². The van der Waals surface area contributed by atoms with Crippen LogP contribution in [-0.2, 0) is 12.8 Å². The van der Waals surface area contributed by atoms with Crippen molar-refractivity contribution in [2.75, 3.05) is 0 Å². The average molecular weight is 280 g/mol. The lowest BCUT2D eigenvalue weighted by atomic mass is 9.93. The lowest BCUT2D eigenvalue weighted by Gasteiger charge is -2.16. The minimum atomic E-state index is -1.40. The topological polar surface area (TPSA) is 66.8 Å². The Morgan fingerprint density at radius 3 is 2.40 bits per heavy atom. The Morgan fingerprint density at radius 1 is 1.15 bits per heavy atom. The van der Waals surface area contributed by atoms with Gasteiger partial charge in [-0.2, -0.15) is 0 Å². The summed E-state index contributed by atoms with van der Waals surface area (Å²) in [5, 5.41) is 19.0. The Kier molecular flexibility index (Phi) is 6.36. The largest absolute Gasteiger partial charge is 0.511 e. The number of unbranched alkanes of at least 4 members (excludes halogenated alkanes) is 2. The molecule has 0 saturated carbocycles. The normalized spacial score (nSPS) is 10.6. The van der Waals surface area contributed by atoms with Crippen LogP contribution in [0.4, 0.5) is 4.79 Å². The highest BCUT2D eigenvalue weighted by molar-refractivity contribution is 5.65. The molecule has 1 aromatic carbocycles. The third-order valence-electron chi connectivity index (χ3n) is 3.43. The predicted molar refractivity (Wildman–Crippen MR) is 78.7 cm³/mol. The van der Waals surface area contributed by atoms with Gasteiger partial charge in [-0.25, -0.2) is 4.79 Å². The maximum absolute atomic E-state index is 10.7. The van der Waals surface area contributed by atoms with Crippen molar-refractivity contribution in [2.45, 2.75) is 59.3 Å². The monoisotopic (exact) mass is 280 g/mol. The number of ether oxygens (including phenoxy) is 1. The molecule has 112 valence electrons. The lowest BCUT2D eigenvalue weighted by molar-refractivity contribution is 0.142. The van der Waals surface area contributed by atoms with Crippen LogP contribution in [0, 0.1) is 6.92 Å². The molecule has 0 aliphatic rings. The fourth-order valence-electron chi connectivity index (χ4n) is 2.47. The molecule has 0 fully saturated rings. The molecule has 1 aromatic rings. The molecule has 0 bridgehead atoms. The van der Waals surface area contributed by atoms with E-state index < -0.39 is 6.16 Å². The molecule has 0 saturated heterocycles. The number of benzene rings is 1. The van der Waals surface area contributed by atoms with Gasteiger partial charge in [-0.15, -0.1) is 0 Å². The summed E-state index contributed by atoms with van der Waals surface area (Å²) >= 11 is 0. The van der Waals surface area contributed by atoms with Gasteiger partial charge in [0.25, 0.3) is 0 Å². The van der Waals surface area contributed by atoms with E-state index >= 15 is 0 Å². The number of aromatic hydroxyl groups is 1. The summed E-state index contributed by atoms with van der Waals surface area (Å²) in [4.78, 5) is 10.7. The van der Waals surface area contributed by atoms with E-state index in [1.54, 1.807) is 6.07 Å². The number of hydrogen-bond acceptors (Lipinski definition) is 3. The van der Waals surface area contributed by atoms with E-state index in [4.69, 9.17) is 5.11 Å². The molecular weight excluding hydrogens is 256 g/mol. The highest BCUT2D eigenvalue weighted by atomic mass is 16.7. The summed E-state index contributed by atoms with van der Waals surface area (Å²) in [6.07, 6.45) is 4.41. The van der Waals surface area contributed by atoms with Crippen molar-refractivity contribution in [2.24, 2.45) is 0 Å². The van der Waals surface area contributed by atoms with Gasteiger partial charge in [-0.3, -0.25) is 0 Å². The van der Waals surface area contributed by atoms with Crippen molar-refractivity contribution in [3.8, 4) is 11.5 Å². The Labute approximate surface area is 120 Å². The van der Waals surface area contributed by atoms with Gasteiger partial charge in [0.05, 0.1) is 0 Å². The Balaban J connectivity index is 3.17. The third kappa shape index (κ3) is 4.15. The van der Waals surface area contributed by atoms with Gasteiger partial charge < -0.3 is 14.9 Å². The summed E-state index contributed by atoms with van der Waals surface area (Å²) in [6.45, 7) is 6.15. The van der Waals surface area contributed by atoms with E-state index in [1.807, 2.05) is 6.92 Å². The average Bonchev–Trinajstić information content (AvgIpc) is 2.38. The zero-order valence-corrected chi connectivity index (χ0v) is 12.5. The first-order valence-corrected chi connectivity index (χ1v) is 7.26. The molecular formula is C16H24O4. The van der Waals surface area contributed by atoms with Crippen molar-refractivity contribution in [3.05, 3.63) is 22.8 Å². The smallest absolute Gasteiger partial charge is 0.504 e. The highest BCUT2D eigenvalue weighted by Gasteiger charge is 2.17. The predicted octanol–water partition coefficient (Wildman–Crippen LogP) is 4.44. The maximum Gasteiger partial charge on any atom is 0.511 e. The van der Waals surface area contributed by atoms with Gasteiger partial charge in [0.1, 0.15) is 0 Å². The van der Waals surface area contributed by atoms with Crippen molar-refractivity contribution < 1.29 is 19.7 Å². The Bertz CT molecular complexity index is 466. The van der Waals surface area contributed by atoms with Gasteiger partial charge in [-0.05, 0) is 43.4 Å². The zero-order valence-electron chi connectivity index (χ0n) is 12.5. The molecule has 0 aromatic heterocycles. The van der Waals surface area contributed by atoms with Gasteiger partial charge in [0.2, 0.25) is 0 Å². The van der Waals surface area contributed by atoms with Crippen LogP contribution in [0.3, 0.4) is 0 Å². The standard InChI is InChI=1S/C16H24O4/c1-4-6-7-9-13-12(8-5-2)11(3)10-14(15(13)17)20-16(18)19/h10,17H,4-9H2,1-3H3,(H,18,19). The summed E-state index contributed by atoms with van der Waals surface area (Å²) in [6, 6.07) is 1.61. The second kappa shape index (κ2) is 7.78. The molecule has 2 N–H and O–H groups in total. The fourth-order valence-corrected chi connectivity index (χ4v) is 2.47. The Morgan fingerprint density at radius 2 is 1.85 bits per heavy atom. The molecule has 0 amide bonds. The summed E-state index contributed by atoms with van der Waals surface area (Å²) in [5.74, 6) is 0.0268. The number of aryl methyl sites for hydroxylation is 1. The zero-order chi connectivity index (χ0) is 15.1. The van der Waals surface area contributed by atoms with Crippen molar-refractivity contribution in [1.29, 1.82) is 0 Å². The molecule has 0 aliphatic heterocycles. The van der Waals surface area contributed by atoms with Crippen LogP contribution < -0.4 is 4.74 Å². The minimum Gasteiger partial charge on any atom is -0.504 e. The van der Waals surface area contributed by atoms with Crippen molar-refractivity contribution in [3.63, 3.8) is 0 Å². The molecule has 0 atom stereocenters. The highest BCUT2D eigenvalue weighted by Crippen LogP contribution is 2.36. The summed E-state index contributed by atoms with van der Waals surface area (Å²) < 4.78 is 4.67. The van der Waals surface area contributed by atoms with Gasteiger partial charge in [0, 0.05) is 5.56 Å². The number of hydrogen-bond donors (Lipinski definition) is 2. The summed E-state index contributed by atoms with van der Waals surface area (Å²) in [5.41, 5.74) is 2.95. The van der Waals surface area contributed by atoms with Crippen LogP contribution >= 0.6 is 0 Å². The molecule has 20 heavy (non-hydrogen) atoms. The van der Waals surface area contributed by atoms with Crippen LogP contribution in [0.25, 0.3) is 0 Å². The van der Waals surface area contributed by atoms with E-state index in [-0.39, 0.29) is 11.5 Å². The van der Waals surface area contributed by atoms with Crippen LogP contribution in [0.5, 0.6) is 11.5 Å². The molecule has 4 heteroatoms. The van der Waals surface area contributed by atoms with E-state index in [2.05, 4.69) is 18.6 Å². The molecule has 1 rings (SSSR count). The Hall–Kier alpha value is -1.71. The van der Waals surface area contributed by atoms with Gasteiger partial charge >= 0.3 is 6.16 Å². The molecule has 0 radical (unpaired) electrons. The number of phenolic OH excluding ortho intramolecular Hbond substituents is 1. The van der Waals surface area contributed by atoms with Gasteiger partial charge in [0.15, 0.2) is 11.5 Å². The number of rotatable bonds is 7. The third-order valence-corrected chi connectivity index (χ3v) is 3.43. The number of carbonyl (C=O) groups is 1. The van der Waals surface area contributed by atoms with Crippen LogP contribution in [0.15, 0.2) is 6.07 Å². The first kappa shape index (κ1) is 16.3. The fraction of sp³-hybridized carbons (Fsp3) is 0.562. The summed E-state index contributed by atoms with van der Waals surface area (Å²) in [7, 11) is 0. The second-order valence-electron chi connectivity index (χ2n) is 5.07. The maximum atomic E-state index is 10.7. The molecule has 0 heterocycles. The van der Waals surface area contributed by atoms with Crippen LogP contribution in [0.2, 0.25) is 0 Å². The van der Waals surface area contributed by atoms with Crippen LogP contribution in [-0.4, -0.2) is 16.4 Å². The van der Waals surface area contributed by atoms with Crippen molar-refractivity contribution >= 4 is 6.16 Å². The minimum absolute atomic E-state index is 0.0162. The number of phenols is 1. The van der Waals surface area contributed by atoms with E-state index in [0.717, 1.165) is 55.2 Å². The molecule has 0 spiro atoms. The first-order valence-electron chi connectivity index (χ1n) is 7.26. The number of carboxylic acid groups (broad SMARTS) is 1. The molecule has 4 nitrogen and oxygen atoms in total. The van der Waals surface area contributed by atoms with E-state index in [0.29, 0.717) is 0 Å².